The summed E-state index contributed by atoms with van der Waals surface area (Å²) in [5.41, 5.74) is 2.15. The van der Waals surface area contributed by atoms with Crippen molar-refractivity contribution in [3.8, 4) is 5.75 Å². The Morgan fingerprint density at radius 3 is 2.10 bits per heavy atom. The Morgan fingerprint density at radius 2 is 1.63 bits per heavy atom. The van der Waals surface area contributed by atoms with Gasteiger partial charge in [-0.15, -0.1) is 6.58 Å². The van der Waals surface area contributed by atoms with E-state index in [-0.39, 0.29) is 11.1 Å². The smallest absolute Gasteiger partial charge is 0.192 e. The molecule has 6 heteroatoms. The quantitative estimate of drug-likeness (QED) is 0.301. The highest BCUT2D eigenvalue weighted by Gasteiger charge is 2.38. The Balaban J connectivity index is 2.84. The Morgan fingerprint density at radius 1 is 1.07 bits per heavy atom. The van der Waals surface area contributed by atoms with Crippen LogP contribution in [-0.2, 0) is 15.8 Å². The Kier molecular flexibility index (Phi) is 10.0. The van der Waals surface area contributed by atoms with Crippen molar-refractivity contribution in [3.63, 3.8) is 0 Å². The molecule has 0 aliphatic heterocycles. The van der Waals surface area contributed by atoms with Gasteiger partial charge in [0.25, 0.3) is 0 Å². The molecular weight excluding hydrogens is 408 g/mol. The average Bonchev–Trinajstić information content (AvgIpc) is 2.59. The maximum atomic E-state index is 11.0. The van der Waals surface area contributed by atoms with Crippen LogP contribution in [0.2, 0.25) is 43.8 Å². The first-order chi connectivity index (χ1) is 13.6. The third kappa shape index (κ3) is 9.48. The van der Waals surface area contributed by atoms with Crippen molar-refractivity contribution in [3.05, 3.63) is 42.0 Å². The molecule has 0 heterocycles. The van der Waals surface area contributed by atoms with Crippen LogP contribution in [0, 0.1) is 0 Å². The predicted octanol–water partition coefficient (Wildman–Crippen LogP) is 6.25. The number of methoxy groups -OCH3 is 1. The Labute approximate surface area is 186 Å². The summed E-state index contributed by atoms with van der Waals surface area (Å²) < 4.78 is 17.8. The summed E-state index contributed by atoms with van der Waals surface area (Å²) in [7, 11) is -1.54. The molecule has 0 aromatic heterocycles. The van der Waals surface area contributed by atoms with Gasteiger partial charge < -0.3 is 19.0 Å². The van der Waals surface area contributed by atoms with Gasteiger partial charge in [0.05, 0.1) is 26.4 Å². The maximum absolute atomic E-state index is 11.0. The van der Waals surface area contributed by atoms with Crippen LogP contribution in [0.4, 0.5) is 0 Å². The first-order valence-corrected chi connectivity index (χ1v) is 17.5. The molecule has 1 rings (SSSR count). The fourth-order valence-electron chi connectivity index (χ4n) is 2.95. The van der Waals surface area contributed by atoms with Gasteiger partial charge in [-0.05, 0) is 48.3 Å². The molecule has 0 fully saturated rings. The number of hydrogen-bond acceptors (Lipinski definition) is 4. The Hall–Kier alpha value is -0.926. The molecule has 1 aromatic carbocycles. The molecule has 172 valence electrons. The molecule has 0 spiro atoms. The van der Waals surface area contributed by atoms with Gasteiger partial charge in [0.2, 0.25) is 0 Å². The van der Waals surface area contributed by atoms with Gasteiger partial charge >= 0.3 is 0 Å². The number of benzene rings is 1. The minimum absolute atomic E-state index is 0.111. The normalized spacial score (nSPS) is 15.0. The summed E-state index contributed by atoms with van der Waals surface area (Å²) in [5, 5.41) is 11.1. The fourth-order valence-corrected chi connectivity index (χ4v) is 5.61. The van der Waals surface area contributed by atoms with E-state index in [1.165, 1.54) is 0 Å². The Bertz CT molecular complexity index is 657. The van der Waals surface area contributed by atoms with E-state index in [1.807, 2.05) is 24.3 Å². The minimum Gasteiger partial charge on any atom is -0.497 e. The average molecular weight is 453 g/mol. The minimum atomic E-state index is -1.94. The lowest BCUT2D eigenvalue weighted by Crippen LogP contribution is -2.45. The highest BCUT2D eigenvalue weighted by Crippen LogP contribution is 2.37. The molecule has 0 unspecified atom stereocenters. The lowest BCUT2D eigenvalue weighted by Gasteiger charge is -2.38. The molecular formula is C24H44O4Si2. The molecule has 0 saturated heterocycles. The molecule has 0 aliphatic rings. The molecule has 0 amide bonds. The van der Waals surface area contributed by atoms with E-state index in [1.54, 1.807) is 7.11 Å². The van der Waals surface area contributed by atoms with Crippen LogP contribution >= 0.6 is 0 Å². The second-order valence-electron chi connectivity index (χ2n) is 11.0. The van der Waals surface area contributed by atoms with E-state index in [4.69, 9.17) is 13.9 Å². The van der Waals surface area contributed by atoms with Gasteiger partial charge in [-0.25, -0.2) is 0 Å². The molecule has 1 aromatic rings. The third-order valence-electron chi connectivity index (χ3n) is 5.75. The van der Waals surface area contributed by atoms with Crippen molar-refractivity contribution in [1.29, 1.82) is 0 Å². The third-order valence-corrected chi connectivity index (χ3v) is 11.8. The first kappa shape index (κ1) is 27.1. The number of aliphatic hydroxyl groups excluding tert-OH is 1. The van der Waals surface area contributed by atoms with Crippen molar-refractivity contribution in [2.24, 2.45) is 0 Å². The van der Waals surface area contributed by atoms with Crippen LogP contribution < -0.4 is 4.74 Å². The van der Waals surface area contributed by atoms with Crippen LogP contribution in [0.3, 0.4) is 0 Å². The van der Waals surface area contributed by atoms with Crippen molar-refractivity contribution < 1.29 is 19.0 Å². The van der Waals surface area contributed by atoms with Gasteiger partial charge in [-0.1, -0.05) is 58.1 Å². The topological polar surface area (TPSA) is 47.9 Å². The van der Waals surface area contributed by atoms with E-state index in [9.17, 15) is 5.11 Å². The number of ether oxygens (including phenoxy) is 2. The van der Waals surface area contributed by atoms with Crippen molar-refractivity contribution in [2.45, 2.75) is 89.8 Å². The molecule has 0 bridgehead atoms. The summed E-state index contributed by atoms with van der Waals surface area (Å²) >= 11 is 0. The highest BCUT2D eigenvalue weighted by atomic mass is 28.4. The zero-order chi connectivity index (χ0) is 23.2. The number of aliphatic hydroxyl groups is 1. The van der Waals surface area contributed by atoms with Gasteiger partial charge in [0, 0.05) is 8.07 Å². The fraction of sp³-hybridized carbons (Fsp3) is 0.667. The van der Waals surface area contributed by atoms with Gasteiger partial charge in [0.1, 0.15) is 11.9 Å². The van der Waals surface area contributed by atoms with Crippen LogP contribution in [0.5, 0.6) is 5.75 Å². The molecule has 0 aliphatic carbocycles. The standard InChI is InChI=1S/C24H44O4Si2/c1-19(18-29(6,7)8)15-22(25)23(17-28-30(9,10)24(2,3)4)27-16-20-11-13-21(26-5)14-12-20/h11-14,22-23,25H,1,15-18H2,2-10H3/t22-,23-/m1/s1. The van der Waals surface area contributed by atoms with E-state index in [0.717, 1.165) is 22.9 Å². The van der Waals surface area contributed by atoms with Crippen LogP contribution in [0.1, 0.15) is 32.8 Å². The molecule has 4 nitrogen and oxygen atoms in total. The largest absolute Gasteiger partial charge is 0.497 e. The first-order valence-electron chi connectivity index (χ1n) is 10.9. The van der Waals surface area contributed by atoms with E-state index in [0.29, 0.717) is 19.6 Å². The maximum Gasteiger partial charge on any atom is 0.192 e. The zero-order valence-corrected chi connectivity index (χ0v) is 22.7. The monoisotopic (exact) mass is 452 g/mol. The van der Waals surface area contributed by atoms with Crippen molar-refractivity contribution >= 4 is 16.4 Å². The number of hydrogen-bond donors (Lipinski definition) is 1. The molecule has 0 saturated carbocycles. The lowest BCUT2D eigenvalue weighted by molar-refractivity contribution is -0.0673. The van der Waals surface area contributed by atoms with Crippen LogP contribution in [0.25, 0.3) is 0 Å². The summed E-state index contributed by atoms with van der Waals surface area (Å²) in [6.45, 7) is 23.1. The summed E-state index contributed by atoms with van der Waals surface area (Å²) in [4.78, 5) is 0. The van der Waals surface area contributed by atoms with Crippen LogP contribution in [0.15, 0.2) is 36.4 Å². The van der Waals surface area contributed by atoms with E-state index < -0.39 is 22.5 Å². The van der Waals surface area contributed by atoms with E-state index in [2.05, 4.69) is 60.1 Å². The zero-order valence-electron chi connectivity index (χ0n) is 20.7. The molecule has 0 radical (unpaired) electrons. The number of rotatable bonds is 12. The molecule has 30 heavy (non-hydrogen) atoms. The van der Waals surface area contributed by atoms with E-state index >= 15 is 0 Å². The van der Waals surface area contributed by atoms with Crippen molar-refractivity contribution in [2.75, 3.05) is 13.7 Å². The van der Waals surface area contributed by atoms with Gasteiger partial charge in [-0.3, -0.25) is 0 Å². The molecule has 2 atom stereocenters. The van der Waals surface area contributed by atoms with Gasteiger partial charge in [-0.2, -0.15) is 0 Å². The predicted molar refractivity (Wildman–Crippen MR) is 133 cm³/mol. The second-order valence-corrected chi connectivity index (χ2v) is 21.3. The molecule has 1 N–H and O–H groups in total. The van der Waals surface area contributed by atoms with Crippen LogP contribution in [-0.4, -0.2) is 47.4 Å². The summed E-state index contributed by atoms with van der Waals surface area (Å²) in [5.74, 6) is 0.819. The summed E-state index contributed by atoms with van der Waals surface area (Å²) in [6.07, 6.45) is -0.463. The van der Waals surface area contributed by atoms with Gasteiger partial charge in [0.15, 0.2) is 8.32 Å². The highest BCUT2D eigenvalue weighted by molar-refractivity contribution is 6.76. The summed E-state index contributed by atoms with van der Waals surface area (Å²) in [6, 6.07) is 8.83. The second kappa shape index (κ2) is 11.1. The van der Waals surface area contributed by atoms with Crippen molar-refractivity contribution in [1.82, 2.24) is 0 Å². The lowest BCUT2D eigenvalue weighted by atomic mass is 10.1. The SMILES string of the molecule is C=C(C[C@@H](O)[C@@H](CO[Si](C)(C)C(C)(C)C)OCc1ccc(OC)cc1)C[Si](C)(C)C.